The number of nitrogens with zero attached hydrogens (tertiary/aromatic N) is 1. The van der Waals surface area contributed by atoms with E-state index in [9.17, 15) is 9.59 Å². The molecule has 0 aliphatic carbocycles. The second-order valence-corrected chi connectivity index (χ2v) is 6.47. The van der Waals surface area contributed by atoms with Crippen LogP contribution in [0.3, 0.4) is 0 Å². The van der Waals surface area contributed by atoms with Gasteiger partial charge in [-0.25, -0.2) is 0 Å². The lowest BCUT2D eigenvalue weighted by Crippen LogP contribution is -2.32. The van der Waals surface area contributed by atoms with E-state index in [2.05, 4.69) is 0 Å². The number of hydrogen-bond acceptors (Lipinski definition) is 4. The molecule has 2 heterocycles. The van der Waals surface area contributed by atoms with Gasteiger partial charge in [0.1, 0.15) is 5.58 Å². The van der Waals surface area contributed by atoms with Gasteiger partial charge < -0.3 is 14.1 Å². The Kier molecular flexibility index (Phi) is 4.09. The van der Waals surface area contributed by atoms with Crippen LogP contribution in [0.5, 0.6) is 0 Å². The number of fused-ring (bicyclic) bond motifs is 2. The van der Waals surface area contributed by atoms with Gasteiger partial charge in [-0.15, -0.1) is 0 Å². The lowest BCUT2D eigenvalue weighted by atomic mass is 9.98. The van der Waals surface area contributed by atoms with Gasteiger partial charge in [-0.3, -0.25) is 9.59 Å². The molecular weight excluding hydrogens is 330 g/mol. The molecule has 1 aliphatic rings. The number of carbonyl (C=O) groups is 1. The highest BCUT2D eigenvalue weighted by atomic mass is 16.5. The number of amides is 1. The van der Waals surface area contributed by atoms with Crippen molar-refractivity contribution in [1.29, 1.82) is 0 Å². The molecule has 3 aromatic rings. The first kappa shape index (κ1) is 16.5. The first-order chi connectivity index (χ1) is 12.6. The monoisotopic (exact) mass is 349 g/mol. The van der Waals surface area contributed by atoms with Crippen LogP contribution in [0.15, 0.2) is 57.7 Å². The first-order valence-electron chi connectivity index (χ1n) is 8.54. The van der Waals surface area contributed by atoms with Crippen LogP contribution in [0, 0.1) is 6.92 Å². The SMILES string of the molecule is COCCN1C(=O)c2oc3ccccc3c(=O)c2[C@@H]1c1ccc(C)cc1. The van der Waals surface area contributed by atoms with Crippen molar-refractivity contribution in [2.75, 3.05) is 20.3 Å². The number of methoxy groups -OCH3 is 1. The van der Waals surface area contributed by atoms with E-state index in [0.29, 0.717) is 29.7 Å². The van der Waals surface area contributed by atoms with E-state index < -0.39 is 6.04 Å². The molecule has 0 bridgehead atoms. The molecule has 0 saturated heterocycles. The normalized spacial score (nSPS) is 16.3. The van der Waals surface area contributed by atoms with Crippen LogP contribution in [0.2, 0.25) is 0 Å². The van der Waals surface area contributed by atoms with Gasteiger partial charge in [0.15, 0.2) is 5.43 Å². The third-order valence-corrected chi connectivity index (χ3v) is 4.80. The Labute approximate surface area is 150 Å². The first-order valence-corrected chi connectivity index (χ1v) is 8.54. The number of aryl methyl sites for hydroxylation is 1. The Hall–Kier alpha value is -2.92. The molecule has 5 nitrogen and oxygen atoms in total. The summed E-state index contributed by atoms with van der Waals surface area (Å²) in [5.74, 6) is -0.138. The molecule has 5 heteroatoms. The Balaban J connectivity index is 1.96. The predicted molar refractivity (Wildman–Crippen MR) is 98.4 cm³/mol. The van der Waals surface area contributed by atoms with E-state index >= 15 is 0 Å². The van der Waals surface area contributed by atoms with Crippen LogP contribution in [-0.4, -0.2) is 31.1 Å². The molecule has 0 spiro atoms. The van der Waals surface area contributed by atoms with E-state index in [1.165, 1.54) is 0 Å². The third kappa shape index (κ3) is 2.52. The molecule has 0 saturated carbocycles. The van der Waals surface area contributed by atoms with Crippen molar-refractivity contribution in [2.45, 2.75) is 13.0 Å². The summed E-state index contributed by atoms with van der Waals surface area (Å²) >= 11 is 0. The summed E-state index contributed by atoms with van der Waals surface area (Å²) in [4.78, 5) is 27.8. The highest BCUT2D eigenvalue weighted by Crippen LogP contribution is 2.37. The summed E-state index contributed by atoms with van der Waals surface area (Å²) in [5.41, 5.74) is 2.70. The van der Waals surface area contributed by atoms with Crippen molar-refractivity contribution in [3.8, 4) is 0 Å². The number of hydrogen-bond donors (Lipinski definition) is 0. The molecule has 1 amide bonds. The Morgan fingerprint density at radius 2 is 1.81 bits per heavy atom. The van der Waals surface area contributed by atoms with Crippen LogP contribution >= 0.6 is 0 Å². The maximum absolute atomic E-state index is 13.2. The smallest absolute Gasteiger partial charge is 0.290 e. The van der Waals surface area contributed by atoms with Crippen LogP contribution in [-0.2, 0) is 4.74 Å². The van der Waals surface area contributed by atoms with E-state index in [1.54, 1.807) is 36.3 Å². The van der Waals surface area contributed by atoms with Crippen LogP contribution in [0.4, 0.5) is 0 Å². The molecule has 0 unspecified atom stereocenters. The summed E-state index contributed by atoms with van der Waals surface area (Å²) in [6.07, 6.45) is 0. The van der Waals surface area contributed by atoms with Gasteiger partial charge >= 0.3 is 0 Å². The van der Waals surface area contributed by atoms with Crippen molar-refractivity contribution in [3.63, 3.8) is 0 Å². The second-order valence-electron chi connectivity index (χ2n) is 6.47. The van der Waals surface area contributed by atoms with Crippen molar-refractivity contribution in [1.82, 2.24) is 4.90 Å². The molecule has 0 N–H and O–H groups in total. The standard InChI is InChI=1S/C21H19NO4/c1-13-7-9-14(10-8-13)18-17-19(23)15-5-3-4-6-16(15)26-20(17)21(24)22(18)11-12-25-2/h3-10,18H,11-12H2,1-2H3/t18-/m0/s1. The number of benzene rings is 2. The van der Waals surface area contributed by atoms with Gasteiger partial charge in [-0.1, -0.05) is 42.0 Å². The lowest BCUT2D eigenvalue weighted by Gasteiger charge is -2.24. The fraction of sp³-hybridized carbons (Fsp3) is 0.238. The number of rotatable bonds is 4. The molecular formula is C21H19NO4. The average Bonchev–Trinajstić information content (AvgIpc) is 2.93. The quantitative estimate of drug-likeness (QED) is 0.725. The summed E-state index contributed by atoms with van der Waals surface area (Å²) in [6.45, 7) is 2.77. The van der Waals surface area contributed by atoms with Crippen LogP contribution in [0.1, 0.15) is 33.3 Å². The Morgan fingerprint density at radius 1 is 1.08 bits per heavy atom. The average molecular weight is 349 g/mol. The molecule has 1 aromatic heterocycles. The fourth-order valence-corrected chi connectivity index (χ4v) is 3.48. The van der Waals surface area contributed by atoms with Crippen molar-refractivity contribution >= 4 is 16.9 Å². The fourth-order valence-electron chi connectivity index (χ4n) is 3.48. The zero-order chi connectivity index (χ0) is 18.3. The molecule has 4 rings (SSSR count). The van der Waals surface area contributed by atoms with Gasteiger partial charge in [0.2, 0.25) is 5.76 Å². The van der Waals surface area contributed by atoms with Gasteiger partial charge in [0.25, 0.3) is 5.91 Å². The van der Waals surface area contributed by atoms with Crippen molar-refractivity contribution < 1.29 is 13.9 Å². The molecule has 2 aromatic carbocycles. The second kappa shape index (κ2) is 6.42. The van der Waals surface area contributed by atoms with E-state index in [-0.39, 0.29) is 17.1 Å². The molecule has 1 atom stereocenters. The van der Waals surface area contributed by atoms with Crippen LogP contribution in [0.25, 0.3) is 11.0 Å². The summed E-state index contributed by atoms with van der Waals surface area (Å²) in [7, 11) is 1.59. The summed E-state index contributed by atoms with van der Waals surface area (Å²) in [5, 5.41) is 0.491. The largest absolute Gasteiger partial charge is 0.450 e. The molecule has 0 radical (unpaired) electrons. The van der Waals surface area contributed by atoms with Crippen molar-refractivity contribution in [3.05, 3.63) is 81.2 Å². The number of para-hydroxylation sites is 1. The molecule has 26 heavy (non-hydrogen) atoms. The van der Waals surface area contributed by atoms with Gasteiger partial charge in [0.05, 0.1) is 23.6 Å². The summed E-state index contributed by atoms with van der Waals surface area (Å²) in [6, 6.07) is 14.4. The minimum absolute atomic E-state index is 0.135. The van der Waals surface area contributed by atoms with E-state index in [4.69, 9.17) is 9.15 Å². The van der Waals surface area contributed by atoms with Gasteiger partial charge in [-0.2, -0.15) is 0 Å². The van der Waals surface area contributed by atoms with E-state index in [1.807, 2.05) is 31.2 Å². The van der Waals surface area contributed by atoms with Gasteiger partial charge in [0, 0.05) is 13.7 Å². The highest BCUT2D eigenvalue weighted by Gasteiger charge is 2.42. The predicted octanol–water partition coefficient (Wildman–Crippen LogP) is 3.29. The maximum atomic E-state index is 13.2. The lowest BCUT2D eigenvalue weighted by molar-refractivity contribution is 0.0663. The van der Waals surface area contributed by atoms with Crippen LogP contribution < -0.4 is 5.43 Å². The van der Waals surface area contributed by atoms with Gasteiger partial charge in [-0.05, 0) is 24.6 Å². The Bertz CT molecular complexity index is 1040. The summed E-state index contributed by atoms with van der Waals surface area (Å²) < 4.78 is 11.0. The number of carbonyl (C=O) groups excluding carboxylic acids is 1. The molecule has 0 fully saturated rings. The highest BCUT2D eigenvalue weighted by molar-refractivity contribution is 5.99. The minimum Gasteiger partial charge on any atom is -0.450 e. The molecule has 132 valence electrons. The topological polar surface area (TPSA) is 59.8 Å². The third-order valence-electron chi connectivity index (χ3n) is 4.80. The zero-order valence-corrected chi connectivity index (χ0v) is 14.7. The van der Waals surface area contributed by atoms with E-state index in [0.717, 1.165) is 11.1 Å². The maximum Gasteiger partial charge on any atom is 0.290 e. The molecule has 1 aliphatic heterocycles. The number of ether oxygens (including phenoxy) is 1. The minimum atomic E-state index is -0.464. The van der Waals surface area contributed by atoms with Crippen molar-refractivity contribution in [2.24, 2.45) is 0 Å². The zero-order valence-electron chi connectivity index (χ0n) is 14.7. The Morgan fingerprint density at radius 3 is 2.54 bits per heavy atom.